The number of hydrogen-bond acceptors (Lipinski definition) is 3. The van der Waals surface area contributed by atoms with Gasteiger partial charge in [0.25, 0.3) is 0 Å². The van der Waals surface area contributed by atoms with Crippen LogP contribution in [-0.4, -0.2) is 23.7 Å². The molecule has 0 radical (unpaired) electrons. The summed E-state index contributed by atoms with van der Waals surface area (Å²) < 4.78 is 5.16. The highest BCUT2D eigenvalue weighted by Crippen LogP contribution is 2.13. The van der Waals surface area contributed by atoms with E-state index in [0.717, 1.165) is 12.8 Å². The van der Waals surface area contributed by atoms with Crippen molar-refractivity contribution < 1.29 is 19.4 Å². The summed E-state index contributed by atoms with van der Waals surface area (Å²) in [7, 11) is 0. The number of carbonyl (C=O) groups excluding carboxylic acids is 1. The van der Waals surface area contributed by atoms with E-state index in [-0.39, 0.29) is 11.1 Å². The lowest BCUT2D eigenvalue weighted by molar-refractivity contribution is 0.0425. The van der Waals surface area contributed by atoms with Crippen molar-refractivity contribution in [2.75, 3.05) is 6.61 Å². The predicted octanol–water partition coefficient (Wildman–Crippen LogP) is 2.98. The summed E-state index contributed by atoms with van der Waals surface area (Å²) in [6.45, 7) is 4.40. The minimum absolute atomic E-state index is 0.0213. The molecule has 0 saturated heterocycles. The van der Waals surface area contributed by atoms with Gasteiger partial charge < -0.3 is 9.84 Å². The van der Waals surface area contributed by atoms with Gasteiger partial charge in [0, 0.05) is 0 Å². The summed E-state index contributed by atoms with van der Waals surface area (Å²) >= 11 is 0. The maximum Gasteiger partial charge on any atom is 0.339 e. The molecule has 0 amide bonds. The average Bonchev–Trinajstić information content (AvgIpc) is 2.39. The van der Waals surface area contributed by atoms with E-state index in [2.05, 4.69) is 0 Å². The van der Waals surface area contributed by atoms with Crippen LogP contribution in [0.4, 0.5) is 0 Å². The molecule has 98 valence electrons. The second kappa shape index (κ2) is 6.79. The molecule has 0 saturated carbocycles. The minimum Gasteiger partial charge on any atom is -0.478 e. The Morgan fingerprint density at radius 3 is 2.22 bits per heavy atom. The van der Waals surface area contributed by atoms with Crippen LogP contribution in [0.2, 0.25) is 0 Å². The maximum atomic E-state index is 11.8. The van der Waals surface area contributed by atoms with E-state index in [4.69, 9.17) is 9.84 Å². The van der Waals surface area contributed by atoms with Gasteiger partial charge in [-0.05, 0) is 18.1 Å². The highest BCUT2D eigenvalue weighted by Gasteiger charge is 2.17. The lowest BCUT2D eigenvalue weighted by Gasteiger charge is -2.13. The Bertz CT molecular complexity index is 422. The Hall–Kier alpha value is -1.84. The number of rotatable bonds is 6. The fraction of sp³-hybridized carbons (Fsp3) is 0.429. The van der Waals surface area contributed by atoms with Gasteiger partial charge in [-0.2, -0.15) is 0 Å². The largest absolute Gasteiger partial charge is 0.478 e. The second-order valence-electron chi connectivity index (χ2n) is 4.13. The van der Waals surface area contributed by atoms with Crippen LogP contribution in [0.3, 0.4) is 0 Å². The van der Waals surface area contributed by atoms with Gasteiger partial charge in [0.1, 0.15) is 0 Å². The number of carboxylic acids is 1. The van der Waals surface area contributed by atoms with E-state index in [0.29, 0.717) is 12.5 Å². The molecular weight excluding hydrogens is 232 g/mol. The Balaban J connectivity index is 2.75. The van der Waals surface area contributed by atoms with Crippen molar-refractivity contribution in [1.29, 1.82) is 0 Å². The average molecular weight is 250 g/mol. The highest BCUT2D eigenvalue weighted by molar-refractivity contribution is 6.02. The quantitative estimate of drug-likeness (QED) is 0.788. The molecular formula is C14H18O4. The number of benzene rings is 1. The van der Waals surface area contributed by atoms with Gasteiger partial charge in [-0.15, -0.1) is 0 Å². The molecule has 1 rings (SSSR count). The van der Waals surface area contributed by atoms with Crippen LogP contribution in [0.1, 0.15) is 47.4 Å². The SMILES string of the molecule is CCC(CC)COC(=O)c1ccccc1C(=O)O. The van der Waals surface area contributed by atoms with Gasteiger partial charge in [0.05, 0.1) is 17.7 Å². The van der Waals surface area contributed by atoms with Gasteiger partial charge in [-0.1, -0.05) is 38.8 Å². The fourth-order valence-corrected chi connectivity index (χ4v) is 1.64. The molecule has 0 aliphatic heterocycles. The van der Waals surface area contributed by atoms with Crippen LogP contribution >= 0.6 is 0 Å². The first-order chi connectivity index (χ1) is 8.60. The van der Waals surface area contributed by atoms with Gasteiger partial charge in [0.15, 0.2) is 0 Å². The van der Waals surface area contributed by atoms with Crippen LogP contribution in [0, 0.1) is 5.92 Å². The first-order valence-electron chi connectivity index (χ1n) is 6.09. The van der Waals surface area contributed by atoms with E-state index in [1.807, 2.05) is 13.8 Å². The Morgan fingerprint density at radius 2 is 1.72 bits per heavy atom. The molecule has 0 bridgehead atoms. The van der Waals surface area contributed by atoms with Crippen molar-refractivity contribution >= 4 is 11.9 Å². The molecule has 0 unspecified atom stereocenters. The van der Waals surface area contributed by atoms with Crippen LogP contribution in [-0.2, 0) is 4.74 Å². The first kappa shape index (κ1) is 14.2. The summed E-state index contributed by atoms with van der Waals surface area (Å²) in [6.07, 6.45) is 1.87. The molecule has 0 aliphatic carbocycles. The number of aromatic carboxylic acids is 1. The van der Waals surface area contributed by atoms with E-state index in [9.17, 15) is 9.59 Å². The lowest BCUT2D eigenvalue weighted by atomic mass is 10.1. The van der Waals surface area contributed by atoms with E-state index < -0.39 is 11.9 Å². The van der Waals surface area contributed by atoms with Crippen molar-refractivity contribution in [2.45, 2.75) is 26.7 Å². The molecule has 1 aromatic rings. The number of carboxylic acid groups (broad SMARTS) is 1. The van der Waals surface area contributed by atoms with Crippen LogP contribution in [0.15, 0.2) is 24.3 Å². The summed E-state index contributed by atoms with van der Waals surface area (Å²) in [5.74, 6) is -1.36. The van der Waals surface area contributed by atoms with Gasteiger partial charge in [-0.25, -0.2) is 9.59 Å². The molecule has 4 heteroatoms. The lowest BCUT2D eigenvalue weighted by Crippen LogP contribution is -2.16. The molecule has 0 aromatic heterocycles. The Morgan fingerprint density at radius 1 is 1.17 bits per heavy atom. The molecule has 0 heterocycles. The van der Waals surface area contributed by atoms with E-state index in [1.165, 1.54) is 12.1 Å². The highest BCUT2D eigenvalue weighted by atomic mass is 16.5. The van der Waals surface area contributed by atoms with Crippen molar-refractivity contribution in [3.63, 3.8) is 0 Å². The number of ether oxygens (including phenoxy) is 1. The molecule has 0 aliphatic rings. The summed E-state index contributed by atoms with van der Waals surface area (Å²) in [6, 6.07) is 6.08. The number of hydrogen-bond donors (Lipinski definition) is 1. The van der Waals surface area contributed by atoms with Gasteiger partial charge in [0.2, 0.25) is 0 Å². The van der Waals surface area contributed by atoms with E-state index >= 15 is 0 Å². The molecule has 4 nitrogen and oxygen atoms in total. The van der Waals surface area contributed by atoms with Crippen molar-refractivity contribution in [2.24, 2.45) is 5.92 Å². The molecule has 1 aromatic carbocycles. The second-order valence-corrected chi connectivity index (χ2v) is 4.13. The molecule has 0 fully saturated rings. The van der Waals surface area contributed by atoms with Gasteiger partial charge in [-0.3, -0.25) is 0 Å². The Labute approximate surface area is 107 Å². The van der Waals surface area contributed by atoms with Crippen LogP contribution in [0.25, 0.3) is 0 Å². The molecule has 1 N–H and O–H groups in total. The molecule has 0 atom stereocenters. The zero-order chi connectivity index (χ0) is 13.5. The first-order valence-corrected chi connectivity index (χ1v) is 6.09. The summed E-state index contributed by atoms with van der Waals surface area (Å²) in [5, 5.41) is 8.98. The van der Waals surface area contributed by atoms with Gasteiger partial charge >= 0.3 is 11.9 Å². The van der Waals surface area contributed by atoms with Crippen molar-refractivity contribution in [3.8, 4) is 0 Å². The predicted molar refractivity (Wildman–Crippen MR) is 67.8 cm³/mol. The third kappa shape index (κ3) is 3.58. The zero-order valence-corrected chi connectivity index (χ0v) is 10.7. The summed E-state index contributed by atoms with van der Waals surface area (Å²) in [5.41, 5.74) is 0.0861. The third-order valence-electron chi connectivity index (χ3n) is 2.98. The van der Waals surface area contributed by atoms with Crippen LogP contribution in [0.5, 0.6) is 0 Å². The fourth-order valence-electron chi connectivity index (χ4n) is 1.64. The monoisotopic (exact) mass is 250 g/mol. The standard InChI is InChI=1S/C14H18O4/c1-3-10(4-2)9-18-14(17)12-8-6-5-7-11(12)13(15)16/h5-8,10H,3-4,9H2,1-2H3,(H,15,16). The number of carbonyl (C=O) groups is 2. The summed E-state index contributed by atoms with van der Waals surface area (Å²) in [4.78, 5) is 22.8. The third-order valence-corrected chi connectivity index (χ3v) is 2.98. The zero-order valence-electron chi connectivity index (χ0n) is 10.7. The minimum atomic E-state index is -1.12. The van der Waals surface area contributed by atoms with Crippen molar-refractivity contribution in [1.82, 2.24) is 0 Å². The topological polar surface area (TPSA) is 63.6 Å². The van der Waals surface area contributed by atoms with E-state index in [1.54, 1.807) is 12.1 Å². The Kier molecular flexibility index (Phi) is 5.36. The van der Waals surface area contributed by atoms with Crippen LogP contribution < -0.4 is 0 Å². The normalized spacial score (nSPS) is 10.4. The van der Waals surface area contributed by atoms with Crippen molar-refractivity contribution in [3.05, 3.63) is 35.4 Å². The number of esters is 1. The molecule has 18 heavy (non-hydrogen) atoms. The smallest absolute Gasteiger partial charge is 0.339 e. The maximum absolute atomic E-state index is 11.8. The molecule has 0 spiro atoms.